The molecule has 0 saturated heterocycles. The molecular formula is C23H30O4. The van der Waals surface area contributed by atoms with Gasteiger partial charge < -0.3 is 14.6 Å². The molecule has 1 N–H and O–H groups in total. The van der Waals surface area contributed by atoms with E-state index in [1.54, 1.807) is 25.3 Å². The zero-order chi connectivity index (χ0) is 20.4. The third kappa shape index (κ3) is 4.44. The van der Waals surface area contributed by atoms with Crippen molar-refractivity contribution in [3.05, 3.63) is 59.2 Å². The summed E-state index contributed by atoms with van der Waals surface area (Å²) < 4.78 is 11.2. The van der Waals surface area contributed by atoms with Crippen LogP contribution in [-0.2, 0) is 10.2 Å². The second kappa shape index (κ2) is 7.63. The number of phenolic OH excluding ortho intramolecular Hbond substituents is 1. The highest BCUT2D eigenvalue weighted by Crippen LogP contribution is 2.35. The Balaban J connectivity index is 2.45. The SMILES string of the molecule is COc1ccc(C(C)(C)c2ccc(O)cc2)cc1C(=O)OC(C)(C)C(C)C. The number of benzene rings is 2. The predicted molar refractivity (Wildman–Crippen MR) is 108 cm³/mol. The Labute approximate surface area is 162 Å². The van der Waals surface area contributed by atoms with Crippen molar-refractivity contribution in [2.24, 2.45) is 5.92 Å². The van der Waals surface area contributed by atoms with E-state index in [4.69, 9.17) is 9.47 Å². The lowest BCUT2D eigenvalue weighted by Gasteiger charge is -2.30. The Morgan fingerprint density at radius 3 is 2.04 bits per heavy atom. The van der Waals surface area contributed by atoms with Crippen LogP contribution >= 0.6 is 0 Å². The molecule has 0 saturated carbocycles. The van der Waals surface area contributed by atoms with Crippen LogP contribution in [0.1, 0.15) is 63.0 Å². The van der Waals surface area contributed by atoms with Crippen LogP contribution in [0.3, 0.4) is 0 Å². The number of rotatable bonds is 6. The maximum atomic E-state index is 12.9. The summed E-state index contributed by atoms with van der Waals surface area (Å²) in [7, 11) is 1.55. The van der Waals surface area contributed by atoms with Crippen molar-refractivity contribution >= 4 is 5.97 Å². The second-order valence-electron chi connectivity index (χ2n) is 8.23. The van der Waals surface area contributed by atoms with Crippen molar-refractivity contribution in [2.75, 3.05) is 7.11 Å². The van der Waals surface area contributed by atoms with Gasteiger partial charge in [0.2, 0.25) is 0 Å². The number of carbonyl (C=O) groups is 1. The van der Waals surface area contributed by atoms with Gasteiger partial charge in [0.15, 0.2) is 0 Å². The van der Waals surface area contributed by atoms with Crippen molar-refractivity contribution in [3.8, 4) is 11.5 Å². The lowest BCUT2D eigenvalue weighted by molar-refractivity contribution is -0.0225. The van der Waals surface area contributed by atoms with Gasteiger partial charge in [0.25, 0.3) is 0 Å². The maximum absolute atomic E-state index is 12.9. The van der Waals surface area contributed by atoms with E-state index in [0.717, 1.165) is 11.1 Å². The Morgan fingerprint density at radius 1 is 0.963 bits per heavy atom. The highest BCUT2D eigenvalue weighted by atomic mass is 16.6. The average Bonchev–Trinajstić information content (AvgIpc) is 2.61. The zero-order valence-electron chi connectivity index (χ0n) is 17.3. The first kappa shape index (κ1) is 20.8. The molecule has 0 aromatic heterocycles. The topological polar surface area (TPSA) is 55.8 Å². The largest absolute Gasteiger partial charge is 0.508 e. The van der Waals surface area contributed by atoms with E-state index in [-0.39, 0.29) is 17.1 Å². The van der Waals surface area contributed by atoms with Crippen molar-refractivity contribution in [2.45, 2.75) is 52.6 Å². The summed E-state index contributed by atoms with van der Waals surface area (Å²) in [6, 6.07) is 12.7. The first-order chi connectivity index (χ1) is 12.5. The minimum atomic E-state index is -0.579. The number of methoxy groups -OCH3 is 1. The summed E-state index contributed by atoms with van der Waals surface area (Å²) in [6.45, 7) is 12.0. The van der Waals surface area contributed by atoms with Gasteiger partial charge in [-0.3, -0.25) is 0 Å². The van der Waals surface area contributed by atoms with Gasteiger partial charge in [0.05, 0.1) is 7.11 Å². The molecule has 0 aliphatic carbocycles. The minimum Gasteiger partial charge on any atom is -0.508 e. The normalized spacial score (nSPS) is 12.1. The van der Waals surface area contributed by atoms with Gasteiger partial charge in [0, 0.05) is 5.41 Å². The summed E-state index contributed by atoms with van der Waals surface area (Å²) in [4.78, 5) is 12.9. The fourth-order valence-electron chi connectivity index (χ4n) is 2.71. The summed E-state index contributed by atoms with van der Waals surface area (Å²) >= 11 is 0. The van der Waals surface area contributed by atoms with Crippen molar-refractivity contribution in [3.63, 3.8) is 0 Å². The first-order valence-electron chi connectivity index (χ1n) is 9.20. The third-order valence-electron chi connectivity index (χ3n) is 5.48. The number of hydrogen-bond acceptors (Lipinski definition) is 4. The van der Waals surface area contributed by atoms with Gasteiger partial charge in [-0.25, -0.2) is 4.79 Å². The maximum Gasteiger partial charge on any atom is 0.342 e. The molecule has 0 spiro atoms. The molecule has 4 nitrogen and oxygen atoms in total. The van der Waals surface area contributed by atoms with E-state index in [0.29, 0.717) is 11.3 Å². The molecule has 0 atom stereocenters. The zero-order valence-corrected chi connectivity index (χ0v) is 17.3. The van der Waals surface area contributed by atoms with Crippen LogP contribution in [0.4, 0.5) is 0 Å². The van der Waals surface area contributed by atoms with Gasteiger partial charge in [0.1, 0.15) is 22.7 Å². The lowest BCUT2D eigenvalue weighted by Crippen LogP contribution is -2.34. The van der Waals surface area contributed by atoms with Gasteiger partial charge in [-0.15, -0.1) is 0 Å². The van der Waals surface area contributed by atoms with Gasteiger partial charge in [-0.2, -0.15) is 0 Å². The van der Waals surface area contributed by atoms with Crippen molar-refractivity contribution in [1.29, 1.82) is 0 Å². The molecule has 2 aromatic rings. The van der Waals surface area contributed by atoms with Crippen LogP contribution in [0, 0.1) is 5.92 Å². The standard InChI is InChI=1S/C23H30O4/c1-15(2)23(5,6)27-21(25)19-14-17(10-13-20(19)26-7)22(3,4)16-8-11-18(24)12-9-16/h8-15,24H,1-7H3. The van der Waals surface area contributed by atoms with Gasteiger partial charge >= 0.3 is 5.97 Å². The Bertz CT molecular complexity index is 802. The highest BCUT2D eigenvalue weighted by Gasteiger charge is 2.30. The average molecular weight is 370 g/mol. The van der Waals surface area contributed by atoms with Crippen LogP contribution in [0.5, 0.6) is 11.5 Å². The second-order valence-corrected chi connectivity index (χ2v) is 8.23. The number of aromatic hydroxyl groups is 1. The monoisotopic (exact) mass is 370 g/mol. The summed E-state index contributed by atoms with van der Waals surface area (Å²) in [5.41, 5.74) is 1.47. The molecule has 0 heterocycles. The molecule has 0 aliphatic rings. The number of hydrogen-bond donors (Lipinski definition) is 1. The van der Waals surface area contributed by atoms with Crippen LogP contribution in [0.25, 0.3) is 0 Å². The third-order valence-corrected chi connectivity index (χ3v) is 5.48. The molecule has 146 valence electrons. The van der Waals surface area contributed by atoms with Crippen LogP contribution in [-0.4, -0.2) is 23.8 Å². The summed E-state index contributed by atoms with van der Waals surface area (Å²) in [5, 5.41) is 9.55. The summed E-state index contributed by atoms with van der Waals surface area (Å²) in [6.07, 6.45) is 0. The van der Waals surface area contributed by atoms with Crippen LogP contribution in [0.15, 0.2) is 42.5 Å². The molecule has 0 unspecified atom stereocenters. The number of ether oxygens (including phenoxy) is 2. The molecule has 0 fully saturated rings. The molecule has 0 bridgehead atoms. The lowest BCUT2D eigenvalue weighted by atomic mass is 9.77. The molecule has 0 amide bonds. The van der Waals surface area contributed by atoms with Crippen molar-refractivity contribution < 1.29 is 19.4 Å². The van der Waals surface area contributed by atoms with E-state index in [1.807, 2.05) is 52.0 Å². The van der Waals surface area contributed by atoms with Crippen LogP contribution in [0.2, 0.25) is 0 Å². The van der Waals surface area contributed by atoms with E-state index in [1.165, 1.54) is 0 Å². The Hall–Kier alpha value is -2.49. The molecule has 4 heteroatoms. The quantitative estimate of drug-likeness (QED) is 0.699. The van der Waals surface area contributed by atoms with Crippen LogP contribution < -0.4 is 4.74 Å². The smallest absolute Gasteiger partial charge is 0.342 e. The fourth-order valence-corrected chi connectivity index (χ4v) is 2.71. The van der Waals surface area contributed by atoms with E-state index < -0.39 is 11.6 Å². The number of carbonyl (C=O) groups excluding carboxylic acids is 1. The molecular weight excluding hydrogens is 340 g/mol. The minimum absolute atomic E-state index is 0.184. The summed E-state index contributed by atoms with van der Waals surface area (Å²) in [5.74, 6) is 0.507. The molecule has 27 heavy (non-hydrogen) atoms. The molecule has 2 rings (SSSR count). The fraction of sp³-hybridized carbons (Fsp3) is 0.435. The Kier molecular flexibility index (Phi) is 5.88. The number of phenols is 1. The molecule has 0 aliphatic heterocycles. The molecule has 0 radical (unpaired) electrons. The van der Waals surface area contributed by atoms with Crippen molar-refractivity contribution in [1.82, 2.24) is 0 Å². The Morgan fingerprint density at radius 2 is 1.52 bits per heavy atom. The molecule has 2 aromatic carbocycles. The number of esters is 1. The van der Waals surface area contributed by atoms with E-state index >= 15 is 0 Å². The highest BCUT2D eigenvalue weighted by molar-refractivity contribution is 5.93. The van der Waals surface area contributed by atoms with E-state index in [9.17, 15) is 9.90 Å². The predicted octanol–water partition coefficient (Wildman–Crippen LogP) is 5.32. The van der Waals surface area contributed by atoms with E-state index in [2.05, 4.69) is 13.8 Å². The van der Waals surface area contributed by atoms with Gasteiger partial charge in [-0.05, 0) is 55.2 Å². The van der Waals surface area contributed by atoms with Gasteiger partial charge in [-0.1, -0.05) is 45.9 Å². The first-order valence-corrected chi connectivity index (χ1v) is 9.20.